The summed E-state index contributed by atoms with van der Waals surface area (Å²) in [5, 5.41) is 5.17. The lowest BCUT2D eigenvalue weighted by Gasteiger charge is -2.09. The van der Waals surface area contributed by atoms with Crippen LogP contribution in [0.2, 0.25) is 0 Å². The fraction of sp³-hybridized carbons (Fsp3) is 0.217. The van der Waals surface area contributed by atoms with E-state index in [4.69, 9.17) is 14.2 Å². The number of benzene rings is 2. The van der Waals surface area contributed by atoms with E-state index in [1.165, 1.54) is 16.9 Å². The van der Waals surface area contributed by atoms with Gasteiger partial charge in [0.25, 0.3) is 5.91 Å². The minimum Gasteiger partial charge on any atom is -0.462 e. The molecule has 0 spiro atoms. The first-order valence-electron chi connectivity index (χ1n) is 9.69. The number of hydrogen-bond donors (Lipinski definition) is 1. The Morgan fingerprint density at radius 1 is 1.07 bits per heavy atom. The molecule has 0 saturated carbocycles. The van der Waals surface area contributed by atoms with E-state index >= 15 is 0 Å². The standard InChI is InChI=1S/C23H21NO5S/c1-3-14-5-7-15(8-6-14)17-12-30-22(20(17)23(26)27-4-2)24-21(25)16-9-10-18-19(11-16)29-13-28-18/h5-12H,3-4,13H2,1-2H3,(H,24,25). The van der Waals surface area contributed by atoms with Crippen molar-refractivity contribution in [1.29, 1.82) is 0 Å². The predicted octanol–water partition coefficient (Wildman–Crippen LogP) is 5.14. The molecule has 0 atom stereocenters. The molecule has 3 aromatic rings. The third-order valence-corrected chi connectivity index (χ3v) is 5.70. The molecule has 1 aromatic heterocycles. The van der Waals surface area contributed by atoms with Gasteiger partial charge >= 0.3 is 5.97 Å². The molecule has 7 heteroatoms. The highest BCUT2D eigenvalue weighted by Gasteiger charge is 2.24. The van der Waals surface area contributed by atoms with E-state index in [1.807, 2.05) is 29.6 Å². The minimum absolute atomic E-state index is 0.137. The number of amides is 1. The molecule has 2 heterocycles. The smallest absolute Gasteiger partial charge is 0.341 e. The molecule has 30 heavy (non-hydrogen) atoms. The van der Waals surface area contributed by atoms with Gasteiger partial charge in [0.15, 0.2) is 11.5 Å². The maximum absolute atomic E-state index is 12.8. The Labute approximate surface area is 178 Å². The Bertz CT molecular complexity index is 1090. The third-order valence-electron chi connectivity index (χ3n) is 4.81. The number of ether oxygens (including phenoxy) is 3. The van der Waals surface area contributed by atoms with Crippen molar-refractivity contribution in [2.45, 2.75) is 20.3 Å². The Morgan fingerprint density at radius 3 is 2.57 bits per heavy atom. The number of carbonyl (C=O) groups excluding carboxylic acids is 2. The maximum atomic E-state index is 12.8. The summed E-state index contributed by atoms with van der Waals surface area (Å²) < 4.78 is 15.9. The Kier molecular flexibility index (Phi) is 5.72. The van der Waals surface area contributed by atoms with E-state index in [1.54, 1.807) is 25.1 Å². The number of carbonyl (C=O) groups is 2. The summed E-state index contributed by atoms with van der Waals surface area (Å²) in [6.07, 6.45) is 0.936. The molecule has 1 amide bonds. The number of fused-ring (bicyclic) bond motifs is 1. The summed E-state index contributed by atoms with van der Waals surface area (Å²) in [6.45, 7) is 4.23. The molecule has 6 nitrogen and oxygen atoms in total. The lowest BCUT2D eigenvalue weighted by Crippen LogP contribution is -2.14. The Balaban J connectivity index is 1.66. The summed E-state index contributed by atoms with van der Waals surface area (Å²) in [5.74, 6) is 0.326. The van der Waals surface area contributed by atoms with Crippen molar-refractivity contribution >= 4 is 28.2 Å². The largest absolute Gasteiger partial charge is 0.462 e. The van der Waals surface area contributed by atoms with Crippen molar-refractivity contribution in [2.75, 3.05) is 18.7 Å². The van der Waals surface area contributed by atoms with E-state index in [0.717, 1.165) is 17.5 Å². The van der Waals surface area contributed by atoms with Crippen LogP contribution < -0.4 is 14.8 Å². The van der Waals surface area contributed by atoms with Gasteiger partial charge < -0.3 is 19.5 Å². The highest BCUT2D eigenvalue weighted by molar-refractivity contribution is 7.15. The molecule has 0 unspecified atom stereocenters. The van der Waals surface area contributed by atoms with Gasteiger partial charge in [0.05, 0.1) is 6.61 Å². The molecule has 1 aliphatic heterocycles. The van der Waals surface area contributed by atoms with Crippen molar-refractivity contribution in [3.8, 4) is 22.6 Å². The van der Waals surface area contributed by atoms with Crippen LogP contribution in [0.25, 0.3) is 11.1 Å². The summed E-state index contributed by atoms with van der Waals surface area (Å²) in [7, 11) is 0. The predicted molar refractivity (Wildman–Crippen MR) is 116 cm³/mol. The van der Waals surface area contributed by atoms with Gasteiger partial charge in [0.2, 0.25) is 6.79 Å². The normalized spacial score (nSPS) is 11.9. The zero-order valence-corrected chi connectivity index (χ0v) is 17.5. The van der Waals surface area contributed by atoms with Crippen LogP contribution in [0.15, 0.2) is 47.8 Å². The summed E-state index contributed by atoms with van der Waals surface area (Å²) in [6, 6.07) is 13.0. The van der Waals surface area contributed by atoms with Gasteiger partial charge in [0.1, 0.15) is 10.6 Å². The molecule has 0 bridgehead atoms. The number of nitrogens with one attached hydrogen (secondary N) is 1. The van der Waals surface area contributed by atoms with Crippen LogP contribution in [-0.2, 0) is 11.2 Å². The molecule has 4 rings (SSSR count). The molecule has 0 aliphatic carbocycles. The second-order valence-electron chi connectivity index (χ2n) is 6.65. The molecule has 0 saturated heterocycles. The average molecular weight is 423 g/mol. The SMILES string of the molecule is CCOC(=O)c1c(-c2ccc(CC)cc2)csc1NC(=O)c1ccc2c(c1)OCO2. The second kappa shape index (κ2) is 8.59. The summed E-state index contributed by atoms with van der Waals surface area (Å²) in [5.41, 5.74) is 3.62. The topological polar surface area (TPSA) is 73.9 Å². The number of rotatable bonds is 6. The van der Waals surface area contributed by atoms with Crippen LogP contribution in [0.5, 0.6) is 11.5 Å². The number of esters is 1. The van der Waals surface area contributed by atoms with E-state index in [0.29, 0.717) is 27.6 Å². The highest BCUT2D eigenvalue weighted by atomic mass is 32.1. The molecule has 1 N–H and O–H groups in total. The van der Waals surface area contributed by atoms with Gasteiger partial charge in [-0.2, -0.15) is 0 Å². The van der Waals surface area contributed by atoms with Crippen LogP contribution in [-0.4, -0.2) is 25.3 Å². The quantitative estimate of drug-likeness (QED) is 0.556. The van der Waals surface area contributed by atoms with E-state index < -0.39 is 5.97 Å². The monoisotopic (exact) mass is 423 g/mol. The van der Waals surface area contributed by atoms with Gasteiger partial charge in [-0.15, -0.1) is 11.3 Å². The van der Waals surface area contributed by atoms with Crippen molar-refractivity contribution in [1.82, 2.24) is 0 Å². The molecule has 0 fully saturated rings. The first-order chi connectivity index (χ1) is 14.6. The lowest BCUT2D eigenvalue weighted by molar-refractivity contribution is 0.0529. The van der Waals surface area contributed by atoms with Crippen molar-refractivity contribution < 1.29 is 23.8 Å². The fourth-order valence-corrected chi connectivity index (χ4v) is 4.15. The minimum atomic E-state index is -0.464. The van der Waals surface area contributed by atoms with Crippen LogP contribution in [0, 0.1) is 0 Å². The van der Waals surface area contributed by atoms with E-state index in [2.05, 4.69) is 12.2 Å². The van der Waals surface area contributed by atoms with Crippen LogP contribution in [0.3, 0.4) is 0 Å². The van der Waals surface area contributed by atoms with Crippen molar-refractivity contribution in [3.63, 3.8) is 0 Å². The van der Waals surface area contributed by atoms with Crippen LogP contribution in [0.4, 0.5) is 5.00 Å². The fourth-order valence-electron chi connectivity index (χ4n) is 3.20. The Hall–Kier alpha value is -3.32. The summed E-state index contributed by atoms with van der Waals surface area (Å²) >= 11 is 1.29. The van der Waals surface area contributed by atoms with Gasteiger partial charge in [-0.3, -0.25) is 4.79 Å². The molecule has 0 radical (unpaired) electrons. The van der Waals surface area contributed by atoms with Crippen LogP contribution in [0.1, 0.15) is 40.1 Å². The first kappa shape index (κ1) is 20.0. The van der Waals surface area contributed by atoms with Gasteiger partial charge in [-0.25, -0.2) is 4.79 Å². The molecule has 1 aliphatic rings. The van der Waals surface area contributed by atoms with Gasteiger partial charge in [-0.05, 0) is 42.7 Å². The number of anilines is 1. The Morgan fingerprint density at radius 2 is 1.83 bits per heavy atom. The van der Waals surface area contributed by atoms with E-state index in [-0.39, 0.29) is 19.3 Å². The molecule has 154 valence electrons. The molecular formula is C23H21NO5S. The number of thiophene rings is 1. The zero-order valence-electron chi connectivity index (χ0n) is 16.7. The third kappa shape index (κ3) is 3.89. The number of aryl methyl sites for hydroxylation is 1. The van der Waals surface area contributed by atoms with E-state index in [9.17, 15) is 9.59 Å². The second-order valence-corrected chi connectivity index (χ2v) is 7.53. The lowest BCUT2D eigenvalue weighted by atomic mass is 10.0. The summed E-state index contributed by atoms with van der Waals surface area (Å²) in [4.78, 5) is 25.5. The average Bonchev–Trinajstić information content (AvgIpc) is 3.40. The molecular weight excluding hydrogens is 402 g/mol. The molecule has 2 aromatic carbocycles. The first-order valence-corrected chi connectivity index (χ1v) is 10.6. The highest BCUT2D eigenvalue weighted by Crippen LogP contribution is 2.37. The van der Waals surface area contributed by atoms with Crippen LogP contribution >= 0.6 is 11.3 Å². The van der Waals surface area contributed by atoms with Crippen molar-refractivity contribution in [3.05, 3.63) is 64.5 Å². The maximum Gasteiger partial charge on any atom is 0.341 e. The van der Waals surface area contributed by atoms with Gasteiger partial charge in [-0.1, -0.05) is 31.2 Å². The van der Waals surface area contributed by atoms with Crippen molar-refractivity contribution in [2.24, 2.45) is 0 Å². The zero-order chi connectivity index (χ0) is 21.1. The van der Waals surface area contributed by atoms with Gasteiger partial charge in [0, 0.05) is 16.5 Å². The number of hydrogen-bond acceptors (Lipinski definition) is 6.